The third-order valence-electron chi connectivity index (χ3n) is 3.13. The number of nitrogens with zero attached hydrogens (tertiary/aromatic N) is 1. The summed E-state index contributed by atoms with van der Waals surface area (Å²) in [5.74, 6) is -0.810. The summed E-state index contributed by atoms with van der Waals surface area (Å²) in [6.45, 7) is 0. The molecule has 0 saturated heterocycles. The van der Waals surface area contributed by atoms with Gasteiger partial charge in [-0.2, -0.15) is 0 Å². The number of carboxylic acids is 1. The molecule has 2 aromatic carbocycles. The Morgan fingerprint density at radius 3 is 2.57 bits per heavy atom. The van der Waals surface area contributed by atoms with Gasteiger partial charge in [0.2, 0.25) is 0 Å². The van der Waals surface area contributed by atoms with Gasteiger partial charge in [-0.05, 0) is 29.8 Å². The van der Waals surface area contributed by atoms with Crippen LogP contribution in [0.4, 0.5) is 5.69 Å². The van der Waals surface area contributed by atoms with Crippen molar-refractivity contribution in [2.24, 2.45) is 0 Å². The zero-order valence-corrected chi connectivity index (χ0v) is 12.8. The largest absolute Gasteiger partial charge is 0.495 e. The number of hydrogen-bond donors (Lipinski definition) is 1. The fraction of sp³-hybridized carbons (Fsp3) is 0.0625. The lowest BCUT2D eigenvalue weighted by molar-refractivity contribution is -0.385. The van der Waals surface area contributed by atoms with Gasteiger partial charge < -0.3 is 9.84 Å². The highest BCUT2D eigenvalue weighted by Crippen LogP contribution is 2.30. The summed E-state index contributed by atoms with van der Waals surface area (Å²) in [5, 5.41) is 20.7. The number of para-hydroxylation sites is 1. The van der Waals surface area contributed by atoms with Crippen LogP contribution >= 0.6 is 11.6 Å². The van der Waals surface area contributed by atoms with E-state index in [1.165, 1.54) is 49.6 Å². The first-order chi connectivity index (χ1) is 10.9. The van der Waals surface area contributed by atoms with Crippen molar-refractivity contribution in [3.63, 3.8) is 0 Å². The molecule has 23 heavy (non-hydrogen) atoms. The van der Waals surface area contributed by atoms with Crippen LogP contribution in [0.25, 0.3) is 11.6 Å². The molecule has 0 amide bonds. The van der Waals surface area contributed by atoms with Crippen molar-refractivity contribution < 1.29 is 19.6 Å². The minimum absolute atomic E-state index is 0.108. The van der Waals surface area contributed by atoms with E-state index in [4.69, 9.17) is 16.3 Å². The second-order valence-electron chi connectivity index (χ2n) is 4.53. The van der Waals surface area contributed by atoms with E-state index in [1.807, 2.05) is 0 Å². The van der Waals surface area contributed by atoms with Crippen LogP contribution in [0.3, 0.4) is 0 Å². The number of ether oxygens (including phenoxy) is 1. The molecule has 0 aliphatic carbocycles. The van der Waals surface area contributed by atoms with Crippen molar-refractivity contribution in [2.75, 3.05) is 7.11 Å². The standard InChI is InChI=1S/C16H12ClNO5/c1-23-15-7-6-10(9-13(15)17)12(16(19)20)8-11-4-2-3-5-14(11)18(21)22/h2-9H,1H3,(H,19,20)/b12-8-. The van der Waals surface area contributed by atoms with Crippen molar-refractivity contribution in [1.29, 1.82) is 0 Å². The molecule has 0 aliphatic rings. The Morgan fingerprint density at radius 2 is 2.00 bits per heavy atom. The van der Waals surface area contributed by atoms with Crippen LogP contribution in [0.2, 0.25) is 5.02 Å². The van der Waals surface area contributed by atoms with Crippen molar-refractivity contribution >= 4 is 34.9 Å². The molecule has 0 spiro atoms. The number of nitro benzene ring substituents is 1. The van der Waals surface area contributed by atoms with Crippen LogP contribution in [0, 0.1) is 10.1 Å². The first-order valence-electron chi connectivity index (χ1n) is 6.46. The maximum Gasteiger partial charge on any atom is 0.336 e. The molecule has 1 N–H and O–H groups in total. The fourth-order valence-electron chi connectivity index (χ4n) is 2.03. The van der Waals surface area contributed by atoms with Crippen LogP contribution in [-0.4, -0.2) is 23.1 Å². The first-order valence-corrected chi connectivity index (χ1v) is 6.84. The van der Waals surface area contributed by atoms with Gasteiger partial charge >= 0.3 is 5.97 Å². The summed E-state index contributed by atoms with van der Waals surface area (Å²) in [4.78, 5) is 22.0. The maximum atomic E-state index is 11.5. The van der Waals surface area contributed by atoms with Gasteiger partial charge in [-0.1, -0.05) is 29.8 Å². The van der Waals surface area contributed by atoms with E-state index in [0.717, 1.165) is 0 Å². The summed E-state index contributed by atoms with van der Waals surface area (Å²) < 4.78 is 5.02. The number of methoxy groups -OCH3 is 1. The van der Waals surface area contributed by atoms with Gasteiger partial charge in [0, 0.05) is 6.07 Å². The van der Waals surface area contributed by atoms with E-state index in [-0.39, 0.29) is 21.8 Å². The monoisotopic (exact) mass is 333 g/mol. The normalized spacial score (nSPS) is 11.1. The second kappa shape index (κ2) is 6.93. The van der Waals surface area contributed by atoms with Crippen LogP contribution < -0.4 is 4.74 Å². The average Bonchev–Trinajstić information content (AvgIpc) is 2.52. The average molecular weight is 334 g/mol. The fourth-order valence-corrected chi connectivity index (χ4v) is 2.29. The highest BCUT2D eigenvalue weighted by Gasteiger charge is 2.16. The van der Waals surface area contributed by atoms with E-state index >= 15 is 0 Å². The Hall–Kier alpha value is -2.86. The molecule has 0 radical (unpaired) electrons. The van der Waals surface area contributed by atoms with Gasteiger partial charge in [0.25, 0.3) is 5.69 Å². The molecule has 118 valence electrons. The lowest BCUT2D eigenvalue weighted by atomic mass is 10.0. The van der Waals surface area contributed by atoms with Gasteiger partial charge in [0.15, 0.2) is 0 Å². The third-order valence-corrected chi connectivity index (χ3v) is 3.42. The van der Waals surface area contributed by atoms with Gasteiger partial charge in [0.05, 0.1) is 28.2 Å². The molecule has 0 heterocycles. The number of benzene rings is 2. The predicted molar refractivity (Wildman–Crippen MR) is 86.6 cm³/mol. The summed E-state index contributed by atoms with van der Waals surface area (Å²) in [5.41, 5.74) is 0.234. The quantitative estimate of drug-likeness (QED) is 0.388. The SMILES string of the molecule is COc1ccc(/C(=C/c2ccccc2[N+](=O)[O-])C(=O)O)cc1Cl. The Balaban J connectivity index is 2.58. The molecule has 0 atom stereocenters. The zero-order valence-electron chi connectivity index (χ0n) is 12.0. The van der Waals surface area contributed by atoms with Crippen LogP contribution in [0.5, 0.6) is 5.75 Å². The lowest BCUT2D eigenvalue weighted by Gasteiger charge is -2.07. The third kappa shape index (κ3) is 3.67. The number of carboxylic acid groups (broad SMARTS) is 1. The second-order valence-corrected chi connectivity index (χ2v) is 4.94. The van der Waals surface area contributed by atoms with Crippen molar-refractivity contribution in [3.8, 4) is 5.75 Å². The number of rotatable bonds is 5. The number of halogens is 1. The van der Waals surface area contributed by atoms with Crippen LogP contribution in [0.1, 0.15) is 11.1 Å². The zero-order chi connectivity index (χ0) is 17.0. The van der Waals surface area contributed by atoms with E-state index in [9.17, 15) is 20.0 Å². The van der Waals surface area contributed by atoms with E-state index in [1.54, 1.807) is 6.07 Å². The molecular formula is C16H12ClNO5. The van der Waals surface area contributed by atoms with Gasteiger partial charge in [-0.25, -0.2) is 4.79 Å². The molecule has 0 aromatic heterocycles. The molecule has 0 fully saturated rings. The number of nitro groups is 1. The Labute approximate surface area is 136 Å². The first kappa shape index (κ1) is 16.5. The Bertz CT molecular complexity index is 801. The predicted octanol–water partition coefficient (Wildman–Crippen LogP) is 3.88. The Kier molecular flexibility index (Phi) is 4.98. The molecule has 0 saturated carbocycles. The molecule has 2 aromatic rings. The summed E-state index contributed by atoms with van der Waals surface area (Å²) in [6.07, 6.45) is 1.25. The molecule has 7 heteroatoms. The number of hydrogen-bond acceptors (Lipinski definition) is 4. The van der Waals surface area contributed by atoms with Crippen LogP contribution in [0.15, 0.2) is 42.5 Å². The molecule has 6 nitrogen and oxygen atoms in total. The van der Waals surface area contributed by atoms with Crippen molar-refractivity contribution in [2.45, 2.75) is 0 Å². The van der Waals surface area contributed by atoms with Crippen molar-refractivity contribution in [1.82, 2.24) is 0 Å². The molecule has 0 aliphatic heterocycles. The van der Waals surface area contributed by atoms with Crippen molar-refractivity contribution in [3.05, 3.63) is 68.7 Å². The van der Waals surface area contributed by atoms with E-state index < -0.39 is 10.9 Å². The number of carbonyl (C=O) groups is 1. The van der Waals surface area contributed by atoms with Gasteiger partial charge in [0.1, 0.15) is 5.75 Å². The minimum atomic E-state index is -1.22. The van der Waals surface area contributed by atoms with Crippen LogP contribution in [-0.2, 0) is 4.79 Å². The molecule has 0 unspecified atom stereocenters. The topological polar surface area (TPSA) is 89.7 Å². The van der Waals surface area contributed by atoms with Gasteiger partial charge in [-0.3, -0.25) is 10.1 Å². The summed E-state index contributed by atoms with van der Waals surface area (Å²) in [7, 11) is 1.45. The van der Waals surface area contributed by atoms with E-state index in [2.05, 4.69) is 0 Å². The Morgan fingerprint density at radius 1 is 1.30 bits per heavy atom. The summed E-state index contributed by atoms with van der Waals surface area (Å²) >= 11 is 6.01. The lowest BCUT2D eigenvalue weighted by Crippen LogP contribution is -2.01. The highest BCUT2D eigenvalue weighted by molar-refractivity contribution is 6.32. The number of aliphatic carboxylic acids is 1. The molecule has 0 bridgehead atoms. The van der Waals surface area contributed by atoms with E-state index in [0.29, 0.717) is 11.3 Å². The summed E-state index contributed by atoms with van der Waals surface area (Å²) in [6, 6.07) is 10.4. The molecule has 2 rings (SSSR count). The highest BCUT2D eigenvalue weighted by atomic mass is 35.5. The minimum Gasteiger partial charge on any atom is -0.495 e. The van der Waals surface area contributed by atoms with Gasteiger partial charge in [-0.15, -0.1) is 0 Å². The maximum absolute atomic E-state index is 11.5. The smallest absolute Gasteiger partial charge is 0.336 e. The molecular weight excluding hydrogens is 322 g/mol.